The summed E-state index contributed by atoms with van der Waals surface area (Å²) in [6, 6.07) is 3.52. The number of allylic oxidation sites excluding steroid dienone is 3. The fourth-order valence-electron chi connectivity index (χ4n) is 1.71. The topological polar surface area (TPSA) is 87.4 Å². The summed E-state index contributed by atoms with van der Waals surface area (Å²) in [5.41, 5.74) is 1.62. The smallest absolute Gasteiger partial charge is 0.250 e. The van der Waals surface area contributed by atoms with Crippen LogP contribution < -0.4 is 5.01 Å². The Bertz CT molecular complexity index is 749. The minimum absolute atomic E-state index is 0.0116. The lowest BCUT2D eigenvalue weighted by Gasteiger charge is -2.13. The molecule has 1 N–H and O–H groups in total. The second-order valence-corrected chi connectivity index (χ2v) is 5.55. The van der Waals surface area contributed by atoms with Gasteiger partial charge in [0.2, 0.25) is 5.95 Å². The molecule has 0 saturated heterocycles. The summed E-state index contributed by atoms with van der Waals surface area (Å²) < 4.78 is 0. The van der Waals surface area contributed by atoms with Crippen LogP contribution in [0.5, 0.6) is 0 Å². The number of hydrazone groups is 1. The molecule has 2 heterocycles. The standard InChI is InChI=1S/C15H16N6O.C4H7Cl/c1-16-21(15-18-7-4-8-19-15)11-13(5-2-3-10-22)14-6-9-17-12-20-14;1-3-4(2)5/h2-4,6-9,11-12,22H,1,5,10H2;2-3H2,1H3/b3-2+,13-11+;. The third-order valence-corrected chi connectivity index (χ3v) is 3.36. The van der Waals surface area contributed by atoms with E-state index in [0.717, 1.165) is 22.7 Å². The zero-order chi connectivity index (χ0) is 19.9. The highest BCUT2D eigenvalue weighted by Crippen LogP contribution is 2.19. The Morgan fingerprint density at radius 3 is 2.48 bits per heavy atom. The number of rotatable bonds is 8. The number of aliphatic hydroxyl groups excluding tert-OH is 1. The van der Waals surface area contributed by atoms with Crippen molar-refractivity contribution in [1.29, 1.82) is 0 Å². The highest BCUT2D eigenvalue weighted by Gasteiger charge is 2.08. The van der Waals surface area contributed by atoms with Crippen molar-refractivity contribution in [3.63, 3.8) is 0 Å². The van der Waals surface area contributed by atoms with E-state index in [1.807, 2.05) is 13.0 Å². The number of anilines is 1. The average molecular weight is 387 g/mol. The van der Waals surface area contributed by atoms with Gasteiger partial charge in [0.25, 0.3) is 0 Å². The Morgan fingerprint density at radius 2 is 1.96 bits per heavy atom. The van der Waals surface area contributed by atoms with Gasteiger partial charge in [-0.25, -0.2) is 24.9 Å². The predicted molar refractivity (Wildman–Crippen MR) is 110 cm³/mol. The summed E-state index contributed by atoms with van der Waals surface area (Å²) in [7, 11) is 0. The first-order valence-corrected chi connectivity index (χ1v) is 8.59. The fourth-order valence-corrected chi connectivity index (χ4v) is 1.71. The van der Waals surface area contributed by atoms with Crippen LogP contribution >= 0.6 is 11.6 Å². The molecule has 0 amide bonds. The number of aliphatic hydroxyl groups is 1. The van der Waals surface area contributed by atoms with Crippen LogP contribution in [0.3, 0.4) is 0 Å². The first-order valence-electron chi connectivity index (χ1n) is 8.21. The van der Waals surface area contributed by atoms with Gasteiger partial charge in [0.05, 0.1) is 12.3 Å². The van der Waals surface area contributed by atoms with E-state index in [-0.39, 0.29) is 6.61 Å². The maximum absolute atomic E-state index is 8.86. The predicted octanol–water partition coefficient (Wildman–Crippen LogP) is 3.82. The summed E-state index contributed by atoms with van der Waals surface area (Å²) >= 11 is 5.27. The number of hydrogen-bond donors (Lipinski definition) is 1. The molecule has 0 fully saturated rings. The second-order valence-electron chi connectivity index (χ2n) is 5.01. The Kier molecular flexibility index (Phi) is 10.9. The molecule has 0 aliphatic rings. The van der Waals surface area contributed by atoms with E-state index < -0.39 is 0 Å². The van der Waals surface area contributed by atoms with Crippen molar-refractivity contribution in [3.8, 4) is 0 Å². The van der Waals surface area contributed by atoms with Gasteiger partial charge in [0.15, 0.2) is 0 Å². The van der Waals surface area contributed by atoms with Crippen molar-refractivity contribution in [2.45, 2.75) is 19.8 Å². The van der Waals surface area contributed by atoms with Gasteiger partial charge in [-0.15, -0.1) is 0 Å². The molecule has 0 spiro atoms. The van der Waals surface area contributed by atoms with Gasteiger partial charge in [-0.05, 0) is 25.0 Å². The van der Waals surface area contributed by atoms with Crippen molar-refractivity contribution in [2.75, 3.05) is 11.6 Å². The molecular weight excluding hydrogens is 364 g/mol. The Balaban J connectivity index is 0.000000646. The molecule has 0 bridgehead atoms. The molecule has 2 aromatic heterocycles. The van der Waals surface area contributed by atoms with Gasteiger partial charge < -0.3 is 5.11 Å². The van der Waals surface area contributed by atoms with E-state index in [2.05, 4.69) is 38.3 Å². The van der Waals surface area contributed by atoms with Crippen LogP contribution in [-0.2, 0) is 0 Å². The van der Waals surface area contributed by atoms with E-state index >= 15 is 0 Å². The summed E-state index contributed by atoms with van der Waals surface area (Å²) in [4.78, 5) is 16.4. The monoisotopic (exact) mass is 386 g/mol. The minimum Gasteiger partial charge on any atom is -0.392 e. The van der Waals surface area contributed by atoms with Crippen LogP contribution in [0.4, 0.5) is 5.95 Å². The normalized spacial score (nSPS) is 10.9. The lowest BCUT2D eigenvalue weighted by Crippen LogP contribution is -2.11. The number of halogens is 1. The number of nitrogens with zero attached hydrogens (tertiary/aromatic N) is 6. The van der Waals surface area contributed by atoms with E-state index in [9.17, 15) is 0 Å². The Hall–Kier alpha value is -2.90. The van der Waals surface area contributed by atoms with Gasteiger partial charge in [-0.3, -0.25) is 0 Å². The highest BCUT2D eigenvalue weighted by atomic mass is 35.5. The minimum atomic E-state index is -0.0116. The molecule has 0 aliphatic carbocycles. The van der Waals surface area contributed by atoms with Gasteiger partial charge in [-0.1, -0.05) is 37.3 Å². The van der Waals surface area contributed by atoms with Gasteiger partial charge in [0, 0.05) is 42.1 Å². The van der Waals surface area contributed by atoms with Gasteiger partial charge >= 0.3 is 0 Å². The molecule has 0 atom stereocenters. The summed E-state index contributed by atoms with van der Waals surface area (Å²) in [6.07, 6.45) is 13.1. The molecule has 0 radical (unpaired) electrons. The molecule has 0 aliphatic heterocycles. The summed E-state index contributed by atoms with van der Waals surface area (Å²) in [5, 5.41) is 15.0. The highest BCUT2D eigenvalue weighted by molar-refractivity contribution is 6.29. The number of aromatic nitrogens is 4. The zero-order valence-corrected chi connectivity index (χ0v) is 16.0. The van der Waals surface area contributed by atoms with E-state index in [1.54, 1.807) is 43.0 Å². The van der Waals surface area contributed by atoms with E-state index in [1.165, 1.54) is 11.3 Å². The van der Waals surface area contributed by atoms with Crippen LogP contribution in [0.2, 0.25) is 0 Å². The third kappa shape index (κ3) is 8.84. The molecule has 8 heteroatoms. The van der Waals surface area contributed by atoms with Crippen LogP contribution in [0.15, 0.2) is 72.1 Å². The fraction of sp³-hybridized carbons (Fsp3) is 0.211. The summed E-state index contributed by atoms with van der Waals surface area (Å²) in [6.45, 7) is 8.94. The van der Waals surface area contributed by atoms with E-state index in [0.29, 0.717) is 12.4 Å². The lowest BCUT2D eigenvalue weighted by atomic mass is 10.1. The maximum Gasteiger partial charge on any atom is 0.250 e. The van der Waals surface area contributed by atoms with Crippen molar-refractivity contribution in [1.82, 2.24) is 19.9 Å². The molecule has 0 aromatic carbocycles. The molecule has 2 rings (SSSR count). The Morgan fingerprint density at radius 1 is 1.26 bits per heavy atom. The maximum atomic E-state index is 8.86. The summed E-state index contributed by atoms with van der Waals surface area (Å²) in [5.74, 6) is 0.412. The lowest BCUT2D eigenvalue weighted by molar-refractivity contribution is 0.342. The molecular formula is C19H23ClN6O. The van der Waals surface area contributed by atoms with E-state index in [4.69, 9.17) is 16.7 Å². The van der Waals surface area contributed by atoms with Crippen LogP contribution in [0.25, 0.3) is 5.57 Å². The molecule has 2 aromatic rings. The largest absolute Gasteiger partial charge is 0.392 e. The van der Waals surface area contributed by atoms with Crippen LogP contribution in [-0.4, -0.2) is 38.4 Å². The molecule has 142 valence electrons. The SMILES string of the molecule is C=C(Cl)CC.C=NN(/C=C(\C/C=C/CO)c1ccncn1)c1ncccn1. The van der Waals surface area contributed by atoms with Gasteiger partial charge in [0.1, 0.15) is 6.33 Å². The third-order valence-electron chi connectivity index (χ3n) is 3.09. The average Bonchev–Trinajstić information content (AvgIpc) is 2.72. The van der Waals surface area contributed by atoms with Gasteiger partial charge in [-0.2, -0.15) is 5.10 Å². The van der Waals surface area contributed by atoms with Crippen LogP contribution in [0, 0.1) is 0 Å². The van der Waals surface area contributed by atoms with Crippen molar-refractivity contribution < 1.29 is 5.11 Å². The Labute approximate surface area is 164 Å². The zero-order valence-electron chi connectivity index (χ0n) is 15.2. The first-order chi connectivity index (χ1) is 13.1. The van der Waals surface area contributed by atoms with Crippen LogP contribution in [0.1, 0.15) is 25.5 Å². The molecule has 0 saturated carbocycles. The second kappa shape index (κ2) is 13.3. The molecule has 7 nitrogen and oxygen atoms in total. The quantitative estimate of drug-likeness (QED) is 0.421. The van der Waals surface area contributed by atoms with Crippen molar-refractivity contribution in [3.05, 3.63) is 72.7 Å². The first kappa shape index (κ1) is 22.1. The van der Waals surface area contributed by atoms with Crippen molar-refractivity contribution >= 4 is 29.8 Å². The van der Waals surface area contributed by atoms with Crippen molar-refractivity contribution in [2.24, 2.45) is 5.10 Å². The molecule has 27 heavy (non-hydrogen) atoms. The molecule has 0 unspecified atom stereocenters. The number of hydrogen-bond acceptors (Lipinski definition) is 7.